The molecule has 1 aromatic heterocycles. The topological polar surface area (TPSA) is 93.9 Å². The van der Waals surface area contributed by atoms with Crippen molar-refractivity contribution in [3.8, 4) is 0 Å². The number of amides is 1. The van der Waals surface area contributed by atoms with Crippen LogP contribution in [0.5, 0.6) is 0 Å². The smallest absolute Gasteiger partial charge is 0.220 e. The van der Waals surface area contributed by atoms with Gasteiger partial charge < -0.3 is 9.88 Å². The van der Waals surface area contributed by atoms with Crippen molar-refractivity contribution < 1.29 is 13.2 Å². The molecule has 1 fully saturated rings. The molecule has 1 saturated heterocycles. The van der Waals surface area contributed by atoms with Crippen LogP contribution in [0.4, 0.5) is 0 Å². The summed E-state index contributed by atoms with van der Waals surface area (Å²) in [6.45, 7) is 0.314. The number of carbonyl (C=O) groups is 1. The first-order valence-electron chi connectivity index (χ1n) is 5.26. The Kier molecular flexibility index (Phi) is 3.14. The molecule has 8 heteroatoms. The largest absolute Gasteiger partial charge is 0.349 e. The Balaban J connectivity index is 1.74. The summed E-state index contributed by atoms with van der Waals surface area (Å²) in [5.74, 6) is 0.751. The van der Waals surface area contributed by atoms with Gasteiger partial charge in [-0.05, 0) is 5.92 Å². The summed E-state index contributed by atoms with van der Waals surface area (Å²) in [4.78, 5) is 11.5. The highest BCUT2D eigenvalue weighted by atomic mass is 32.2. The van der Waals surface area contributed by atoms with Crippen molar-refractivity contribution in [3.63, 3.8) is 0 Å². The lowest BCUT2D eigenvalue weighted by atomic mass is 10.1. The van der Waals surface area contributed by atoms with Gasteiger partial charge in [-0.1, -0.05) is 0 Å². The monoisotopic (exact) mass is 258 g/mol. The maximum Gasteiger partial charge on any atom is 0.220 e. The van der Waals surface area contributed by atoms with Gasteiger partial charge in [0.25, 0.3) is 0 Å². The van der Waals surface area contributed by atoms with Gasteiger partial charge in [-0.15, -0.1) is 10.2 Å². The molecule has 0 aromatic carbocycles. The molecular weight excluding hydrogens is 244 g/mol. The normalized spacial score (nSPS) is 18.6. The fraction of sp³-hybridized carbons (Fsp3) is 0.667. The third-order valence-electron chi connectivity index (χ3n) is 2.70. The second-order valence-electron chi connectivity index (χ2n) is 4.28. The van der Waals surface area contributed by atoms with E-state index in [1.165, 1.54) is 0 Å². The van der Waals surface area contributed by atoms with Crippen LogP contribution in [-0.2, 0) is 28.2 Å². The van der Waals surface area contributed by atoms with Gasteiger partial charge in [0.1, 0.15) is 6.33 Å². The van der Waals surface area contributed by atoms with E-state index in [1.54, 1.807) is 17.9 Å². The molecule has 7 nitrogen and oxygen atoms in total. The average Bonchev–Trinajstić information content (AvgIpc) is 2.58. The van der Waals surface area contributed by atoms with Gasteiger partial charge in [0.05, 0.1) is 18.1 Å². The SMILES string of the molecule is Cn1cnnc1CNC(=O)CC1CS(=O)(=O)C1. The summed E-state index contributed by atoms with van der Waals surface area (Å²) in [5.41, 5.74) is 0. The molecule has 0 saturated carbocycles. The van der Waals surface area contributed by atoms with Gasteiger partial charge in [0.2, 0.25) is 5.91 Å². The van der Waals surface area contributed by atoms with E-state index in [0.29, 0.717) is 12.4 Å². The number of sulfone groups is 1. The number of aromatic nitrogens is 3. The van der Waals surface area contributed by atoms with E-state index in [-0.39, 0.29) is 29.8 Å². The molecule has 0 aliphatic carbocycles. The molecule has 0 atom stereocenters. The van der Waals surface area contributed by atoms with Gasteiger partial charge in [-0.3, -0.25) is 4.79 Å². The molecule has 0 bridgehead atoms. The Hall–Kier alpha value is -1.44. The first kappa shape index (κ1) is 12.0. The molecule has 94 valence electrons. The molecule has 17 heavy (non-hydrogen) atoms. The van der Waals surface area contributed by atoms with Crippen LogP contribution in [0.15, 0.2) is 6.33 Å². The minimum Gasteiger partial charge on any atom is -0.349 e. The highest BCUT2D eigenvalue weighted by molar-refractivity contribution is 7.92. The predicted molar refractivity (Wildman–Crippen MR) is 59.6 cm³/mol. The quantitative estimate of drug-likeness (QED) is 0.737. The molecule has 1 aromatic rings. The lowest BCUT2D eigenvalue weighted by molar-refractivity contribution is -0.122. The number of hydrogen-bond donors (Lipinski definition) is 1. The van der Waals surface area contributed by atoms with Crippen LogP contribution >= 0.6 is 0 Å². The van der Waals surface area contributed by atoms with Crippen molar-refractivity contribution in [1.29, 1.82) is 0 Å². The Morgan fingerprint density at radius 2 is 2.29 bits per heavy atom. The minimum absolute atomic E-state index is 0.0282. The van der Waals surface area contributed by atoms with Gasteiger partial charge in [0.15, 0.2) is 15.7 Å². The lowest BCUT2D eigenvalue weighted by Crippen LogP contribution is -2.39. The third-order valence-corrected chi connectivity index (χ3v) is 4.66. The fourth-order valence-electron chi connectivity index (χ4n) is 1.77. The van der Waals surface area contributed by atoms with Gasteiger partial charge in [-0.25, -0.2) is 8.42 Å². The second-order valence-corrected chi connectivity index (χ2v) is 6.44. The Morgan fingerprint density at radius 3 is 2.82 bits per heavy atom. The van der Waals surface area contributed by atoms with E-state index in [4.69, 9.17) is 0 Å². The number of nitrogens with one attached hydrogen (secondary N) is 1. The zero-order valence-corrected chi connectivity index (χ0v) is 10.3. The summed E-state index contributed by atoms with van der Waals surface area (Å²) in [6.07, 6.45) is 1.82. The van der Waals surface area contributed by atoms with Crippen molar-refractivity contribution in [2.75, 3.05) is 11.5 Å². The van der Waals surface area contributed by atoms with Crippen LogP contribution in [0.3, 0.4) is 0 Å². The third kappa shape index (κ3) is 3.02. The van der Waals surface area contributed by atoms with Crippen LogP contribution < -0.4 is 5.32 Å². The second kappa shape index (κ2) is 4.44. The Labute approximate surface area is 99.1 Å². The first-order valence-corrected chi connectivity index (χ1v) is 7.08. The van der Waals surface area contributed by atoms with E-state index >= 15 is 0 Å². The van der Waals surface area contributed by atoms with Crippen LogP contribution in [0.2, 0.25) is 0 Å². The standard InChI is InChI=1S/C9H14N4O3S/c1-13-6-11-12-8(13)3-10-9(14)2-7-4-17(15,16)5-7/h6-7H,2-5H2,1H3,(H,10,14). The minimum atomic E-state index is -2.85. The molecule has 0 radical (unpaired) electrons. The van der Waals surface area contributed by atoms with Crippen LogP contribution in [0.25, 0.3) is 0 Å². The number of hydrogen-bond acceptors (Lipinski definition) is 5. The Bertz CT molecular complexity index is 510. The zero-order chi connectivity index (χ0) is 12.5. The van der Waals surface area contributed by atoms with Crippen LogP contribution in [0, 0.1) is 5.92 Å². The molecule has 0 unspecified atom stereocenters. The number of nitrogens with zero attached hydrogens (tertiary/aromatic N) is 3. The van der Waals surface area contributed by atoms with Gasteiger partial charge in [0, 0.05) is 13.5 Å². The summed E-state index contributed by atoms with van der Waals surface area (Å²) in [6, 6.07) is 0. The zero-order valence-electron chi connectivity index (χ0n) is 9.46. The first-order chi connectivity index (χ1) is 7.96. The van der Waals surface area contributed by atoms with Gasteiger partial charge >= 0.3 is 0 Å². The van der Waals surface area contributed by atoms with Crippen LogP contribution in [0.1, 0.15) is 12.2 Å². The molecule has 1 aliphatic rings. The highest BCUT2D eigenvalue weighted by Crippen LogP contribution is 2.21. The van der Waals surface area contributed by atoms with Crippen LogP contribution in [-0.4, -0.2) is 40.6 Å². The summed E-state index contributed by atoms with van der Waals surface area (Å²) < 4.78 is 23.5. The van der Waals surface area contributed by atoms with Crippen molar-refractivity contribution in [2.24, 2.45) is 13.0 Å². The molecule has 1 aliphatic heterocycles. The van der Waals surface area contributed by atoms with Crippen molar-refractivity contribution in [3.05, 3.63) is 12.2 Å². The molecule has 2 heterocycles. The summed E-state index contributed by atoms with van der Waals surface area (Å²) in [5, 5.41) is 10.2. The van der Waals surface area contributed by atoms with Gasteiger partial charge in [-0.2, -0.15) is 0 Å². The van der Waals surface area contributed by atoms with E-state index in [1.807, 2.05) is 0 Å². The van der Waals surface area contributed by atoms with E-state index in [9.17, 15) is 13.2 Å². The summed E-state index contributed by atoms with van der Waals surface area (Å²) >= 11 is 0. The maximum absolute atomic E-state index is 11.5. The van der Waals surface area contributed by atoms with Crippen molar-refractivity contribution in [2.45, 2.75) is 13.0 Å². The number of carbonyl (C=O) groups excluding carboxylic acids is 1. The Morgan fingerprint density at radius 1 is 1.59 bits per heavy atom. The number of rotatable bonds is 4. The van der Waals surface area contributed by atoms with E-state index in [2.05, 4.69) is 15.5 Å². The highest BCUT2D eigenvalue weighted by Gasteiger charge is 2.34. The molecule has 2 rings (SSSR count). The fourth-order valence-corrected chi connectivity index (χ4v) is 3.34. The van der Waals surface area contributed by atoms with Crippen molar-refractivity contribution >= 4 is 15.7 Å². The van der Waals surface area contributed by atoms with Crippen molar-refractivity contribution in [1.82, 2.24) is 20.1 Å². The molecule has 0 spiro atoms. The number of aryl methyl sites for hydroxylation is 1. The average molecular weight is 258 g/mol. The van der Waals surface area contributed by atoms with E-state index in [0.717, 1.165) is 0 Å². The molecular formula is C9H14N4O3S. The molecule has 1 amide bonds. The summed E-state index contributed by atoms with van der Waals surface area (Å²) in [7, 11) is -1.06. The lowest BCUT2D eigenvalue weighted by Gasteiger charge is -2.24. The molecule has 1 N–H and O–H groups in total. The van der Waals surface area contributed by atoms with E-state index < -0.39 is 9.84 Å². The maximum atomic E-state index is 11.5. The predicted octanol–water partition coefficient (Wildman–Crippen LogP) is -1.13.